The Balaban J connectivity index is 1.62. The lowest BCUT2D eigenvalue weighted by atomic mass is 10.1. The number of hydrogen-bond acceptors (Lipinski definition) is 5. The van der Waals surface area contributed by atoms with Crippen LogP contribution < -0.4 is 15.6 Å². The van der Waals surface area contributed by atoms with Gasteiger partial charge in [-0.2, -0.15) is 5.10 Å². The molecule has 8 heteroatoms. The first-order valence-electron chi connectivity index (χ1n) is 8.13. The normalized spacial score (nSPS) is 10.3. The molecule has 3 rings (SSSR count). The van der Waals surface area contributed by atoms with E-state index in [9.17, 15) is 14.7 Å². The second-order valence-electron chi connectivity index (χ2n) is 5.63. The highest BCUT2D eigenvalue weighted by Crippen LogP contribution is 2.18. The zero-order valence-electron chi connectivity index (χ0n) is 14.5. The smallest absolute Gasteiger partial charge is 0.294 e. The number of methoxy groups -OCH3 is 1. The van der Waals surface area contributed by atoms with Crippen LogP contribution in [0.5, 0.6) is 11.5 Å². The number of hydrogen-bond donors (Lipinski definition) is 3. The summed E-state index contributed by atoms with van der Waals surface area (Å²) >= 11 is 0. The number of carbonyl (C=O) groups is 2. The lowest BCUT2D eigenvalue weighted by Crippen LogP contribution is -2.42. The van der Waals surface area contributed by atoms with Crippen LogP contribution in [0.1, 0.15) is 16.1 Å². The van der Waals surface area contributed by atoms with Crippen LogP contribution in [0.25, 0.3) is 5.69 Å². The molecule has 27 heavy (non-hydrogen) atoms. The minimum atomic E-state index is -0.726. The second kappa shape index (κ2) is 8.05. The van der Waals surface area contributed by atoms with Gasteiger partial charge in [-0.1, -0.05) is 36.4 Å². The van der Waals surface area contributed by atoms with Crippen molar-refractivity contribution in [2.45, 2.75) is 6.42 Å². The van der Waals surface area contributed by atoms with Crippen LogP contribution in [0.15, 0.2) is 60.8 Å². The predicted molar refractivity (Wildman–Crippen MR) is 97.5 cm³/mol. The van der Waals surface area contributed by atoms with E-state index >= 15 is 0 Å². The van der Waals surface area contributed by atoms with Crippen molar-refractivity contribution in [1.82, 2.24) is 20.6 Å². The van der Waals surface area contributed by atoms with Crippen molar-refractivity contribution >= 4 is 11.8 Å². The van der Waals surface area contributed by atoms with Crippen molar-refractivity contribution < 1.29 is 19.4 Å². The Hall–Kier alpha value is -3.81. The Labute approximate surface area is 155 Å². The van der Waals surface area contributed by atoms with E-state index < -0.39 is 11.8 Å². The SMILES string of the molecule is COc1ccccc1CC(=O)NNC(=O)c1nn(-c2ccccc2)cc1O. The predicted octanol–water partition coefficient (Wildman–Crippen LogP) is 1.59. The van der Waals surface area contributed by atoms with E-state index in [0.29, 0.717) is 17.0 Å². The zero-order chi connectivity index (χ0) is 19.2. The fourth-order valence-electron chi connectivity index (χ4n) is 2.49. The summed E-state index contributed by atoms with van der Waals surface area (Å²) in [6.07, 6.45) is 1.34. The summed E-state index contributed by atoms with van der Waals surface area (Å²) in [6, 6.07) is 16.1. The van der Waals surface area contributed by atoms with Gasteiger partial charge >= 0.3 is 0 Å². The van der Waals surface area contributed by atoms with Gasteiger partial charge in [0.25, 0.3) is 5.91 Å². The molecule has 0 bridgehead atoms. The minimum absolute atomic E-state index is 0.0226. The van der Waals surface area contributed by atoms with E-state index in [2.05, 4.69) is 16.0 Å². The molecule has 0 aliphatic heterocycles. The van der Waals surface area contributed by atoms with E-state index in [-0.39, 0.29) is 17.9 Å². The van der Waals surface area contributed by atoms with E-state index in [4.69, 9.17) is 4.74 Å². The number of para-hydroxylation sites is 2. The fourth-order valence-corrected chi connectivity index (χ4v) is 2.49. The number of hydrazine groups is 1. The summed E-state index contributed by atoms with van der Waals surface area (Å²) in [7, 11) is 1.52. The lowest BCUT2D eigenvalue weighted by molar-refractivity contribution is -0.121. The summed E-state index contributed by atoms with van der Waals surface area (Å²) in [5.74, 6) is -0.876. The highest BCUT2D eigenvalue weighted by Gasteiger charge is 2.18. The number of aromatic hydroxyl groups is 1. The molecule has 138 valence electrons. The number of nitrogens with zero attached hydrogens (tertiary/aromatic N) is 2. The molecule has 0 unspecified atom stereocenters. The van der Waals surface area contributed by atoms with Gasteiger partial charge < -0.3 is 9.84 Å². The minimum Gasteiger partial charge on any atom is -0.504 e. The molecule has 0 aliphatic rings. The van der Waals surface area contributed by atoms with Gasteiger partial charge in [-0.25, -0.2) is 4.68 Å². The standard InChI is InChI=1S/C19H18N4O4/c1-27-16-10-6-5-7-13(16)11-17(25)20-21-19(26)18-15(24)12-23(22-18)14-8-3-2-4-9-14/h2-10,12,24H,11H2,1H3,(H,20,25)(H,21,26). The van der Waals surface area contributed by atoms with Gasteiger partial charge in [0.2, 0.25) is 5.91 Å². The van der Waals surface area contributed by atoms with E-state index in [1.165, 1.54) is 18.0 Å². The Morgan fingerprint density at radius 1 is 1.07 bits per heavy atom. The van der Waals surface area contributed by atoms with Crippen LogP contribution in [0.2, 0.25) is 0 Å². The van der Waals surface area contributed by atoms with Crippen LogP contribution in [-0.2, 0) is 11.2 Å². The van der Waals surface area contributed by atoms with Gasteiger partial charge in [0, 0.05) is 5.56 Å². The average Bonchev–Trinajstić information content (AvgIpc) is 3.09. The maximum Gasteiger partial charge on any atom is 0.294 e. The van der Waals surface area contributed by atoms with E-state index in [0.717, 1.165) is 0 Å². The molecule has 0 atom stereocenters. The first-order valence-corrected chi connectivity index (χ1v) is 8.13. The lowest BCUT2D eigenvalue weighted by Gasteiger charge is -2.09. The van der Waals surface area contributed by atoms with Crippen LogP contribution in [0.4, 0.5) is 0 Å². The molecule has 0 aliphatic carbocycles. The molecule has 2 aromatic carbocycles. The van der Waals surface area contributed by atoms with Crippen LogP contribution in [0.3, 0.4) is 0 Å². The van der Waals surface area contributed by atoms with Crippen LogP contribution in [0, 0.1) is 0 Å². The number of amides is 2. The number of benzene rings is 2. The quantitative estimate of drug-likeness (QED) is 0.595. The highest BCUT2D eigenvalue weighted by molar-refractivity contribution is 5.96. The van der Waals surface area contributed by atoms with Crippen molar-refractivity contribution in [2.24, 2.45) is 0 Å². The molecule has 1 heterocycles. The zero-order valence-corrected chi connectivity index (χ0v) is 14.5. The van der Waals surface area contributed by atoms with Crippen molar-refractivity contribution in [1.29, 1.82) is 0 Å². The van der Waals surface area contributed by atoms with Gasteiger partial charge in [0.15, 0.2) is 11.4 Å². The molecule has 0 fully saturated rings. The maximum atomic E-state index is 12.2. The Morgan fingerprint density at radius 3 is 2.52 bits per heavy atom. The number of rotatable bonds is 5. The Bertz CT molecular complexity index is 953. The molecule has 3 aromatic rings. The topological polar surface area (TPSA) is 105 Å². The molecule has 2 amide bonds. The molecule has 0 saturated heterocycles. The summed E-state index contributed by atoms with van der Waals surface area (Å²) in [4.78, 5) is 24.3. The van der Waals surface area contributed by atoms with Gasteiger partial charge in [-0.15, -0.1) is 0 Å². The fraction of sp³-hybridized carbons (Fsp3) is 0.105. The highest BCUT2D eigenvalue weighted by atomic mass is 16.5. The largest absolute Gasteiger partial charge is 0.504 e. The van der Waals surface area contributed by atoms with Gasteiger partial charge in [0.05, 0.1) is 25.4 Å². The molecule has 0 saturated carbocycles. The van der Waals surface area contributed by atoms with Gasteiger partial charge in [-0.3, -0.25) is 20.4 Å². The first-order chi connectivity index (χ1) is 13.1. The first kappa shape index (κ1) is 18.0. The van der Waals surface area contributed by atoms with Crippen molar-refractivity contribution in [3.63, 3.8) is 0 Å². The second-order valence-corrected chi connectivity index (χ2v) is 5.63. The maximum absolute atomic E-state index is 12.2. The number of ether oxygens (including phenoxy) is 1. The van der Waals surface area contributed by atoms with Crippen molar-refractivity contribution in [3.8, 4) is 17.2 Å². The summed E-state index contributed by atoms with van der Waals surface area (Å²) in [6.45, 7) is 0. The van der Waals surface area contributed by atoms with E-state index in [1.807, 2.05) is 18.2 Å². The summed E-state index contributed by atoms with van der Waals surface area (Å²) < 4.78 is 6.56. The van der Waals surface area contributed by atoms with E-state index in [1.54, 1.807) is 36.4 Å². The third-order valence-electron chi connectivity index (χ3n) is 3.79. The van der Waals surface area contributed by atoms with Crippen LogP contribution in [-0.4, -0.2) is 33.8 Å². The third kappa shape index (κ3) is 4.24. The Morgan fingerprint density at radius 2 is 1.78 bits per heavy atom. The van der Waals surface area contributed by atoms with Crippen molar-refractivity contribution in [2.75, 3.05) is 7.11 Å². The van der Waals surface area contributed by atoms with Gasteiger partial charge in [-0.05, 0) is 18.2 Å². The average molecular weight is 366 g/mol. The summed E-state index contributed by atoms with van der Waals surface area (Å²) in [5.41, 5.74) is 5.72. The number of aromatic nitrogens is 2. The molecule has 0 spiro atoms. The number of nitrogens with one attached hydrogen (secondary N) is 2. The molecule has 0 radical (unpaired) electrons. The molecular formula is C19H18N4O4. The van der Waals surface area contributed by atoms with Crippen molar-refractivity contribution in [3.05, 3.63) is 72.1 Å². The molecule has 8 nitrogen and oxygen atoms in total. The molecular weight excluding hydrogens is 348 g/mol. The third-order valence-corrected chi connectivity index (χ3v) is 3.79. The molecule has 3 N–H and O–H groups in total. The van der Waals surface area contributed by atoms with Crippen LogP contribution >= 0.6 is 0 Å². The molecule has 1 aromatic heterocycles. The monoisotopic (exact) mass is 366 g/mol. The Kier molecular flexibility index (Phi) is 5.36. The summed E-state index contributed by atoms with van der Waals surface area (Å²) in [5, 5.41) is 14.0. The van der Waals surface area contributed by atoms with Gasteiger partial charge in [0.1, 0.15) is 5.75 Å². The number of carbonyl (C=O) groups excluding carboxylic acids is 2.